The zero-order chi connectivity index (χ0) is 10.7. The van der Waals surface area contributed by atoms with E-state index in [2.05, 4.69) is 30.1 Å². The molecule has 2 aromatic rings. The number of nitrogen functional groups attached to an aromatic ring is 1. The lowest BCUT2D eigenvalue weighted by atomic mass is 10.1. The van der Waals surface area contributed by atoms with Crippen LogP contribution < -0.4 is 10.7 Å². The third-order valence-electron chi connectivity index (χ3n) is 2.67. The molecule has 0 saturated carbocycles. The van der Waals surface area contributed by atoms with Crippen LogP contribution in [0, 0.1) is 0 Å². The van der Waals surface area contributed by atoms with Gasteiger partial charge in [0.05, 0.1) is 0 Å². The van der Waals surface area contributed by atoms with E-state index < -0.39 is 0 Å². The third-order valence-corrected chi connectivity index (χ3v) is 2.67. The molecule has 0 aliphatic carbocycles. The first kappa shape index (κ1) is 9.97. The molecular weight excluding hydrogens is 184 g/mol. The average molecular weight is 201 g/mol. The normalized spacial score (nSPS) is 10.7. The van der Waals surface area contributed by atoms with Crippen LogP contribution in [-0.2, 0) is 6.42 Å². The number of rotatable bonds is 3. The van der Waals surface area contributed by atoms with Crippen LogP contribution in [0.2, 0.25) is 0 Å². The zero-order valence-corrected chi connectivity index (χ0v) is 9.09. The number of aryl methyl sites for hydroxylation is 1. The molecule has 1 aromatic heterocycles. The van der Waals surface area contributed by atoms with Gasteiger partial charge >= 0.3 is 0 Å². The number of aromatic amines is 1. The summed E-state index contributed by atoms with van der Waals surface area (Å²) in [6.07, 6.45) is 3.48. The van der Waals surface area contributed by atoms with E-state index in [9.17, 15) is 0 Å². The minimum Gasteiger partial charge on any atom is -0.287 e. The summed E-state index contributed by atoms with van der Waals surface area (Å²) in [6, 6.07) is 10.4. The van der Waals surface area contributed by atoms with Gasteiger partial charge in [0.25, 0.3) is 5.82 Å². The highest BCUT2D eigenvalue weighted by Crippen LogP contribution is 2.18. The van der Waals surface area contributed by atoms with E-state index in [0.717, 1.165) is 12.2 Å². The number of hydrogen-bond acceptors (Lipinski definition) is 1. The van der Waals surface area contributed by atoms with Crippen molar-refractivity contribution in [1.29, 1.82) is 0 Å². The molecule has 2 rings (SSSR count). The van der Waals surface area contributed by atoms with E-state index in [1.807, 2.05) is 12.1 Å². The summed E-state index contributed by atoms with van der Waals surface area (Å²) in [5.41, 5.74) is 7.10. The molecule has 0 aliphatic rings. The number of nitrogens with two attached hydrogens (primary N) is 1. The lowest BCUT2D eigenvalue weighted by molar-refractivity contribution is -0.370. The molecule has 3 N–H and O–H groups in total. The molecule has 0 unspecified atom stereocenters. The van der Waals surface area contributed by atoms with Crippen LogP contribution in [0.3, 0.4) is 0 Å². The van der Waals surface area contributed by atoms with Crippen LogP contribution in [0.25, 0.3) is 10.8 Å². The van der Waals surface area contributed by atoms with Crippen molar-refractivity contribution in [3.63, 3.8) is 0 Å². The fraction of sp³-hybridized carbons (Fsp3) is 0.308. The summed E-state index contributed by atoms with van der Waals surface area (Å²) < 4.78 is 0. The molecule has 0 saturated heterocycles. The number of anilines is 1. The Labute approximate surface area is 90.1 Å². The Balaban J connectivity index is 2.50. The summed E-state index contributed by atoms with van der Waals surface area (Å²) in [5.74, 6) is 0.750. The van der Waals surface area contributed by atoms with E-state index in [-0.39, 0.29) is 0 Å². The Morgan fingerprint density at radius 1 is 1.27 bits per heavy atom. The molecule has 0 spiro atoms. The highest BCUT2D eigenvalue weighted by molar-refractivity contribution is 5.84. The fourth-order valence-electron chi connectivity index (χ4n) is 1.89. The Hall–Kier alpha value is -1.57. The van der Waals surface area contributed by atoms with Crippen molar-refractivity contribution >= 4 is 16.6 Å². The molecule has 1 heterocycles. The number of aromatic nitrogens is 1. The minimum atomic E-state index is 0.750. The van der Waals surface area contributed by atoms with Crippen LogP contribution in [0.4, 0.5) is 5.82 Å². The van der Waals surface area contributed by atoms with Gasteiger partial charge in [0.2, 0.25) is 0 Å². The Bertz CT molecular complexity index is 463. The van der Waals surface area contributed by atoms with Crippen molar-refractivity contribution in [2.24, 2.45) is 0 Å². The second-order valence-corrected chi connectivity index (χ2v) is 3.89. The number of nitrogens with one attached hydrogen (secondary N) is 1. The van der Waals surface area contributed by atoms with Gasteiger partial charge in [-0.25, -0.2) is 4.98 Å². The maximum Gasteiger partial charge on any atom is 0.270 e. The van der Waals surface area contributed by atoms with E-state index in [1.54, 1.807) is 0 Å². The quantitative estimate of drug-likeness (QED) is 0.814. The highest BCUT2D eigenvalue weighted by atomic mass is 14.8. The van der Waals surface area contributed by atoms with Crippen molar-refractivity contribution in [2.75, 3.05) is 5.73 Å². The summed E-state index contributed by atoms with van der Waals surface area (Å²) >= 11 is 0. The smallest absolute Gasteiger partial charge is 0.270 e. The SMILES string of the molecule is CCCCc1[nH+]c(N)cc2ccccc12. The van der Waals surface area contributed by atoms with E-state index >= 15 is 0 Å². The van der Waals surface area contributed by atoms with Gasteiger partial charge in [0, 0.05) is 17.9 Å². The second-order valence-electron chi connectivity index (χ2n) is 3.89. The van der Waals surface area contributed by atoms with Crippen LogP contribution in [-0.4, -0.2) is 0 Å². The van der Waals surface area contributed by atoms with Crippen LogP contribution >= 0.6 is 0 Å². The number of hydrogen-bond donors (Lipinski definition) is 1. The summed E-state index contributed by atoms with van der Waals surface area (Å²) in [7, 11) is 0. The highest BCUT2D eigenvalue weighted by Gasteiger charge is 2.06. The first-order chi connectivity index (χ1) is 7.31. The molecule has 2 nitrogen and oxygen atoms in total. The van der Waals surface area contributed by atoms with Crippen molar-refractivity contribution in [1.82, 2.24) is 0 Å². The monoisotopic (exact) mass is 201 g/mol. The van der Waals surface area contributed by atoms with Crippen LogP contribution in [0.5, 0.6) is 0 Å². The van der Waals surface area contributed by atoms with Gasteiger partial charge < -0.3 is 0 Å². The molecule has 0 bridgehead atoms. The van der Waals surface area contributed by atoms with Gasteiger partial charge in [-0.05, 0) is 11.8 Å². The second kappa shape index (κ2) is 4.30. The lowest BCUT2D eigenvalue weighted by Gasteiger charge is -2.03. The Morgan fingerprint density at radius 2 is 2.07 bits per heavy atom. The maximum absolute atomic E-state index is 5.84. The molecular formula is C13H17N2+. The number of pyridine rings is 1. The first-order valence-electron chi connectivity index (χ1n) is 5.50. The van der Waals surface area contributed by atoms with Gasteiger partial charge in [-0.2, -0.15) is 0 Å². The topological polar surface area (TPSA) is 40.2 Å². The standard InChI is InChI=1S/C13H16N2/c1-2-3-8-12-11-7-5-4-6-10(11)9-13(14)15-12/h4-7,9H,2-3,8H2,1H3,(H2,14,15)/p+1. The molecule has 0 radical (unpaired) electrons. The number of fused-ring (bicyclic) bond motifs is 1. The molecule has 1 aromatic carbocycles. The van der Waals surface area contributed by atoms with Crippen LogP contribution in [0.15, 0.2) is 30.3 Å². The molecule has 0 amide bonds. The zero-order valence-electron chi connectivity index (χ0n) is 9.09. The van der Waals surface area contributed by atoms with Crippen molar-refractivity contribution in [2.45, 2.75) is 26.2 Å². The maximum atomic E-state index is 5.84. The Morgan fingerprint density at radius 3 is 2.87 bits per heavy atom. The summed E-state index contributed by atoms with van der Waals surface area (Å²) in [5, 5.41) is 2.51. The van der Waals surface area contributed by atoms with E-state index in [1.165, 1.54) is 29.3 Å². The largest absolute Gasteiger partial charge is 0.287 e. The van der Waals surface area contributed by atoms with Crippen molar-refractivity contribution in [3.8, 4) is 0 Å². The first-order valence-corrected chi connectivity index (χ1v) is 5.50. The van der Waals surface area contributed by atoms with Gasteiger partial charge in [-0.1, -0.05) is 37.6 Å². The van der Waals surface area contributed by atoms with E-state index in [0.29, 0.717) is 0 Å². The number of unbranched alkanes of at least 4 members (excludes halogenated alkanes) is 1. The fourth-order valence-corrected chi connectivity index (χ4v) is 1.89. The predicted octanol–water partition coefficient (Wildman–Crippen LogP) is 2.58. The molecule has 0 aliphatic heterocycles. The van der Waals surface area contributed by atoms with Gasteiger partial charge in [-0.15, -0.1) is 0 Å². The number of benzene rings is 1. The van der Waals surface area contributed by atoms with Gasteiger partial charge in [0.1, 0.15) is 5.69 Å². The van der Waals surface area contributed by atoms with E-state index in [4.69, 9.17) is 5.73 Å². The minimum absolute atomic E-state index is 0.750. The average Bonchev–Trinajstić information content (AvgIpc) is 2.25. The molecule has 15 heavy (non-hydrogen) atoms. The van der Waals surface area contributed by atoms with Gasteiger partial charge in [0.15, 0.2) is 0 Å². The molecule has 0 atom stereocenters. The van der Waals surface area contributed by atoms with Gasteiger partial charge in [-0.3, -0.25) is 5.73 Å². The lowest BCUT2D eigenvalue weighted by Crippen LogP contribution is -2.16. The Kier molecular flexibility index (Phi) is 2.86. The van der Waals surface area contributed by atoms with Crippen molar-refractivity contribution in [3.05, 3.63) is 36.0 Å². The molecule has 2 heteroatoms. The summed E-state index contributed by atoms with van der Waals surface area (Å²) in [6.45, 7) is 2.20. The predicted molar refractivity (Wildman–Crippen MR) is 63.5 cm³/mol. The number of H-pyrrole nitrogens is 1. The van der Waals surface area contributed by atoms with Crippen LogP contribution in [0.1, 0.15) is 25.5 Å². The molecule has 78 valence electrons. The van der Waals surface area contributed by atoms with Crippen molar-refractivity contribution < 1.29 is 4.98 Å². The third kappa shape index (κ3) is 2.09. The molecule has 0 fully saturated rings. The summed E-state index contributed by atoms with van der Waals surface area (Å²) in [4.78, 5) is 3.26.